The van der Waals surface area contributed by atoms with Gasteiger partial charge in [0.15, 0.2) is 0 Å². The summed E-state index contributed by atoms with van der Waals surface area (Å²) in [6.45, 7) is 2.42. The lowest BCUT2D eigenvalue weighted by molar-refractivity contribution is 0.0697. The SMILES string of the molecule is CCn1ncc(C(=O)O)c1-c1ccc(F)cc1. The average molecular weight is 234 g/mol. The maximum absolute atomic E-state index is 12.8. The zero-order valence-electron chi connectivity index (χ0n) is 9.22. The average Bonchev–Trinajstić information content (AvgIpc) is 2.73. The molecule has 0 amide bonds. The van der Waals surface area contributed by atoms with E-state index in [1.54, 1.807) is 16.8 Å². The summed E-state index contributed by atoms with van der Waals surface area (Å²) >= 11 is 0. The second kappa shape index (κ2) is 4.37. The quantitative estimate of drug-likeness (QED) is 0.887. The molecule has 0 radical (unpaired) electrons. The standard InChI is InChI=1S/C12H11FN2O2/c1-2-15-11(10(7-14-15)12(16)17)8-3-5-9(13)6-4-8/h3-7H,2H2,1H3,(H,16,17). The number of aryl methyl sites for hydroxylation is 1. The lowest BCUT2D eigenvalue weighted by Gasteiger charge is -2.06. The Hall–Kier alpha value is -2.17. The molecule has 0 aliphatic rings. The van der Waals surface area contributed by atoms with Crippen LogP contribution in [-0.4, -0.2) is 20.9 Å². The fraction of sp³-hybridized carbons (Fsp3) is 0.167. The van der Waals surface area contributed by atoms with Crippen LogP contribution in [0.4, 0.5) is 4.39 Å². The molecule has 1 aromatic heterocycles. The highest BCUT2D eigenvalue weighted by atomic mass is 19.1. The molecule has 1 aromatic carbocycles. The molecule has 0 saturated heterocycles. The second-order valence-corrected chi connectivity index (χ2v) is 3.53. The van der Waals surface area contributed by atoms with Crippen molar-refractivity contribution in [3.63, 3.8) is 0 Å². The van der Waals surface area contributed by atoms with E-state index in [0.717, 1.165) is 0 Å². The van der Waals surface area contributed by atoms with Crippen molar-refractivity contribution in [1.82, 2.24) is 9.78 Å². The Kier molecular flexibility index (Phi) is 2.91. The molecule has 88 valence electrons. The van der Waals surface area contributed by atoms with Gasteiger partial charge in [-0.3, -0.25) is 4.68 Å². The van der Waals surface area contributed by atoms with Gasteiger partial charge in [0, 0.05) is 12.1 Å². The number of hydrogen-bond acceptors (Lipinski definition) is 2. The molecule has 0 unspecified atom stereocenters. The van der Waals surface area contributed by atoms with E-state index in [0.29, 0.717) is 17.8 Å². The van der Waals surface area contributed by atoms with Crippen LogP contribution in [0, 0.1) is 5.82 Å². The highest BCUT2D eigenvalue weighted by Crippen LogP contribution is 2.24. The van der Waals surface area contributed by atoms with Gasteiger partial charge in [-0.15, -0.1) is 0 Å². The summed E-state index contributed by atoms with van der Waals surface area (Å²) in [4.78, 5) is 11.1. The van der Waals surface area contributed by atoms with Crippen LogP contribution in [0.3, 0.4) is 0 Å². The zero-order chi connectivity index (χ0) is 12.4. The van der Waals surface area contributed by atoms with Crippen LogP contribution in [-0.2, 0) is 6.54 Å². The first kappa shape index (κ1) is 11.3. The molecule has 0 aliphatic heterocycles. The fourth-order valence-corrected chi connectivity index (χ4v) is 1.69. The highest BCUT2D eigenvalue weighted by Gasteiger charge is 2.17. The van der Waals surface area contributed by atoms with Gasteiger partial charge in [0.05, 0.1) is 11.9 Å². The Morgan fingerprint density at radius 1 is 1.41 bits per heavy atom. The van der Waals surface area contributed by atoms with E-state index in [1.165, 1.54) is 18.3 Å². The molecular weight excluding hydrogens is 223 g/mol. The van der Waals surface area contributed by atoms with Crippen LogP contribution < -0.4 is 0 Å². The van der Waals surface area contributed by atoms with Gasteiger partial charge in [-0.2, -0.15) is 5.10 Å². The molecule has 2 rings (SSSR count). The summed E-state index contributed by atoms with van der Waals surface area (Å²) in [5.74, 6) is -1.39. The molecule has 4 nitrogen and oxygen atoms in total. The molecule has 2 aromatic rings. The minimum Gasteiger partial charge on any atom is -0.478 e. The summed E-state index contributed by atoms with van der Waals surface area (Å²) in [6.07, 6.45) is 1.31. The first-order chi connectivity index (χ1) is 8.13. The topological polar surface area (TPSA) is 55.1 Å². The fourth-order valence-electron chi connectivity index (χ4n) is 1.69. The van der Waals surface area contributed by atoms with Crippen molar-refractivity contribution in [2.45, 2.75) is 13.5 Å². The number of hydrogen-bond donors (Lipinski definition) is 1. The molecule has 0 saturated carbocycles. The number of carboxylic acid groups (broad SMARTS) is 1. The summed E-state index contributed by atoms with van der Waals surface area (Å²) in [6, 6.07) is 5.69. The van der Waals surface area contributed by atoms with Crippen molar-refractivity contribution in [3.8, 4) is 11.3 Å². The Labute approximate surface area is 97.3 Å². The second-order valence-electron chi connectivity index (χ2n) is 3.53. The number of halogens is 1. The third kappa shape index (κ3) is 2.04. The van der Waals surface area contributed by atoms with Crippen molar-refractivity contribution >= 4 is 5.97 Å². The van der Waals surface area contributed by atoms with Crippen molar-refractivity contribution in [3.05, 3.63) is 41.8 Å². The third-order valence-electron chi connectivity index (χ3n) is 2.49. The minimum absolute atomic E-state index is 0.124. The first-order valence-electron chi connectivity index (χ1n) is 5.18. The van der Waals surface area contributed by atoms with Crippen LogP contribution in [0.25, 0.3) is 11.3 Å². The Bertz CT molecular complexity index is 546. The highest BCUT2D eigenvalue weighted by molar-refractivity contribution is 5.94. The van der Waals surface area contributed by atoms with Crippen LogP contribution in [0.1, 0.15) is 17.3 Å². The van der Waals surface area contributed by atoms with Crippen molar-refractivity contribution < 1.29 is 14.3 Å². The molecule has 0 bridgehead atoms. The summed E-state index contributed by atoms with van der Waals surface area (Å²) in [5, 5.41) is 13.1. The van der Waals surface area contributed by atoms with Gasteiger partial charge in [0.25, 0.3) is 0 Å². The third-order valence-corrected chi connectivity index (χ3v) is 2.49. The summed E-state index contributed by atoms with van der Waals surface area (Å²) in [5.41, 5.74) is 1.27. The molecule has 1 heterocycles. The van der Waals surface area contributed by atoms with E-state index in [1.807, 2.05) is 6.92 Å². The van der Waals surface area contributed by atoms with E-state index >= 15 is 0 Å². The normalized spacial score (nSPS) is 10.5. The Morgan fingerprint density at radius 2 is 2.06 bits per heavy atom. The maximum atomic E-state index is 12.8. The van der Waals surface area contributed by atoms with Crippen LogP contribution in [0.15, 0.2) is 30.5 Å². The number of carboxylic acids is 1. The molecule has 0 aliphatic carbocycles. The Balaban J connectivity index is 2.59. The van der Waals surface area contributed by atoms with Crippen LogP contribution in [0.5, 0.6) is 0 Å². The van der Waals surface area contributed by atoms with E-state index in [4.69, 9.17) is 5.11 Å². The van der Waals surface area contributed by atoms with Gasteiger partial charge in [0.2, 0.25) is 0 Å². The molecule has 5 heteroatoms. The predicted molar refractivity (Wildman–Crippen MR) is 60.3 cm³/mol. The maximum Gasteiger partial charge on any atom is 0.339 e. The van der Waals surface area contributed by atoms with Gasteiger partial charge in [0.1, 0.15) is 11.4 Å². The number of aromatic carboxylic acids is 1. The van der Waals surface area contributed by atoms with Crippen molar-refractivity contribution in [2.24, 2.45) is 0 Å². The first-order valence-corrected chi connectivity index (χ1v) is 5.18. The molecule has 0 spiro atoms. The zero-order valence-corrected chi connectivity index (χ0v) is 9.22. The van der Waals surface area contributed by atoms with E-state index in [-0.39, 0.29) is 11.4 Å². The van der Waals surface area contributed by atoms with Crippen LogP contribution in [0.2, 0.25) is 0 Å². The van der Waals surface area contributed by atoms with Gasteiger partial charge in [-0.25, -0.2) is 9.18 Å². The largest absolute Gasteiger partial charge is 0.478 e. The lowest BCUT2D eigenvalue weighted by atomic mass is 10.1. The minimum atomic E-state index is -1.04. The number of aromatic nitrogens is 2. The lowest BCUT2D eigenvalue weighted by Crippen LogP contribution is -2.03. The number of nitrogens with zero attached hydrogens (tertiary/aromatic N) is 2. The van der Waals surface area contributed by atoms with Gasteiger partial charge >= 0.3 is 5.97 Å². The van der Waals surface area contributed by atoms with E-state index in [9.17, 15) is 9.18 Å². The van der Waals surface area contributed by atoms with Crippen molar-refractivity contribution in [1.29, 1.82) is 0 Å². The smallest absolute Gasteiger partial charge is 0.339 e. The Morgan fingerprint density at radius 3 is 2.59 bits per heavy atom. The predicted octanol–water partition coefficient (Wildman–Crippen LogP) is 2.41. The number of benzene rings is 1. The molecule has 0 atom stereocenters. The molecule has 0 fully saturated rings. The summed E-state index contributed by atoms with van der Waals surface area (Å²) < 4.78 is 14.4. The number of rotatable bonds is 3. The molecule has 1 N–H and O–H groups in total. The number of carbonyl (C=O) groups is 1. The molecular formula is C12H11FN2O2. The molecule has 17 heavy (non-hydrogen) atoms. The van der Waals surface area contributed by atoms with E-state index < -0.39 is 5.97 Å². The van der Waals surface area contributed by atoms with Gasteiger partial charge in [-0.05, 0) is 31.2 Å². The summed E-state index contributed by atoms with van der Waals surface area (Å²) in [7, 11) is 0. The van der Waals surface area contributed by atoms with Crippen LogP contribution >= 0.6 is 0 Å². The van der Waals surface area contributed by atoms with Gasteiger partial charge < -0.3 is 5.11 Å². The van der Waals surface area contributed by atoms with Crippen molar-refractivity contribution in [2.75, 3.05) is 0 Å². The van der Waals surface area contributed by atoms with E-state index in [2.05, 4.69) is 5.10 Å². The monoisotopic (exact) mass is 234 g/mol. The van der Waals surface area contributed by atoms with Gasteiger partial charge in [-0.1, -0.05) is 0 Å².